The van der Waals surface area contributed by atoms with Gasteiger partial charge in [-0.2, -0.15) is 0 Å². The molecule has 0 unspecified atom stereocenters. The van der Waals surface area contributed by atoms with Gasteiger partial charge in [-0.3, -0.25) is 10.1 Å². The van der Waals surface area contributed by atoms with E-state index in [0.29, 0.717) is 6.54 Å². The Kier molecular flexibility index (Phi) is 4.66. The van der Waals surface area contributed by atoms with Gasteiger partial charge >= 0.3 is 5.97 Å². The lowest BCUT2D eigenvalue weighted by atomic mass is 10.2. The second-order valence-electron chi connectivity index (χ2n) is 3.97. The van der Waals surface area contributed by atoms with Gasteiger partial charge in [-0.25, -0.2) is 9.78 Å². The smallest absolute Gasteiger partial charge is 0.339 e. The van der Waals surface area contributed by atoms with Crippen LogP contribution in [-0.4, -0.2) is 27.1 Å². The van der Waals surface area contributed by atoms with Gasteiger partial charge in [0.25, 0.3) is 5.69 Å². The SMILES string of the molecule is O=C(OCC#CCn1ccnc1)c1ccc([N+](=O)[O-])cc1. The number of ether oxygens (including phenoxy) is 1. The second-order valence-corrected chi connectivity index (χ2v) is 3.97. The molecular formula is C14H11N3O4. The largest absolute Gasteiger partial charge is 0.449 e. The maximum atomic E-state index is 11.6. The third-order valence-corrected chi connectivity index (χ3v) is 2.54. The zero-order valence-corrected chi connectivity index (χ0v) is 10.9. The van der Waals surface area contributed by atoms with Gasteiger partial charge in [0.05, 0.1) is 23.4 Å². The predicted molar refractivity (Wildman–Crippen MR) is 73.4 cm³/mol. The summed E-state index contributed by atoms with van der Waals surface area (Å²) >= 11 is 0. The third-order valence-electron chi connectivity index (χ3n) is 2.54. The van der Waals surface area contributed by atoms with E-state index < -0.39 is 10.9 Å². The standard InChI is InChI=1S/C14H11N3O4/c18-14(12-3-5-13(6-4-12)17(19)20)21-10-2-1-8-16-9-7-15-11-16/h3-7,9,11H,8,10H2. The van der Waals surface area contributed by atoms with Gasteiger partial charge in [-0.1, -0.05) is 11.8 Å². The van der Waals surface area contributed by atoms with Crippen LogP contribution in [0.15, 0.2) is 43.0 Å². The molecule has 0 bridgehead atoms. The first-order valence-corrected chi connectivity index (χ1v) is 6.00. The fourth-order valence-electron chi connectivity index (χ4n) is 1.48. The van der Waals surface area contributed by atoms with E-state index in [0.717, 1.165) is 0 Å². The van der Waals surface area contributed by atoms with Crippen molar-refractivity contribution in [2.45, 2.75) is 6.54 Å². The van der Waals surface area contributed by atoms with Crippen LogP contribution in [0, 0.1) is 22.0 Å². The molecule has 7 nitrogen and oxygen atoms in total. The van der Waals surface area contributed by atoms with E-state index in [-0.39, 0.29) is 17.9 Å². The third kappa shape index (κ3) is 4.18. The summed E-state index contributed by atoms with van der Waals surface area (Å²) in [4.78, 5) is 25.5. The fraction of sp³-hybridized carbons (Fsp3) is 0.143. The van der Waals surface area contributed by atoms with Gasteiger partial charge in [-0.15, -0.1) is 0 Å². The average Bonchev–Trinajstić information content (AvgIpc) is 3.00. The molecule has 7 heteroatoms. The first kappa shape index (κ1) is 14.3. The molecule has 1 aromatic carbocycles. The van der Waals surface area contributed by atoms with Crippen molar-refractivity contribution >= 4 is 11.7 Å². The number of imidazole rings is 1. The van der Waals surface area contributed by atoms with Crippen molar-refractivity contribution in [3.63, 3.8) is 0 Å². The summed E-state index contributed by atoms with van der Waals surface area (Å²) in [5, 5.41) is 10.5. The summed E-state index contributed by atoms with van der Waals surface area (Å²) in [5.41, 5.74) is 0.170. The molecule has 0 aliphatic carbocycles. The maximum absolute atomic E-state index is 11.6. The zero-order valence-electron chi connectivity index (χ0n) is 10.9. The monoisotopic (exact) mass is 285 g/mol. The molecule has 2 rings (SSSR count). The molecule has 21 heavy (non-hydrogen) atoms. The number of hydrogen-bond donors (Lipinski definition) is 0. The number of non-ortho nitro benzene ring substituents is 1. The molecule has 1 aromatic heterocycles. The van der Waals surface area contributed by atoms with Crippen LogP contribution in [0.2, 0.25) is 0 Å². The molecule has 0 aliphatic rings. The lowest BCUT2D eigenvalue weighted by molar-refractivity contribution is -0.384. The molecule has 0 saturated carbocycles. The van der Waals surface area contributed by atoms with Crippen molar-refractivity contribution in [1.29, 1.82) is 0 Å². The number of carbonyl (C=O) groups is 1. The number of nitro groups is 1. The highest BCUT2D eigenvalue weighted by Crippen LogP contribution is 2.12. The highest BCUT2D eigenvalue weighted by molar-refractivity contribution is 5.89. The molecule has 0 aliphatic heterocycles. The summed E-state index contributed by atoms with van der Waals surface area (Å²) < 4.78 is 6.72. The van der Waals surface area contributed by atoms with Crippen LogP contribution in [-0.2, 0) is 11.3 Å². The van der Waals surface area contributed by atoms with E-state index in [9.17, 15) is 14.9 Å². The molecule has 1 heterocycles. The molecule has 0 atom stereocenters. The number of nitro benzene ring substituents is 1. The Bertz CT molecular complexity index is 681. The van der Waals surface area contributed by atoms with E-state index in [1.165, 1.54) is 24.3 Å². The summed E-state index contributed by atoms with van der Waals surface area (Å²) in [7, 11) is 0. The molecule has 0 N–H and O–H groups in total. The number of benzene rings is 1. The minimum Gasteiger partial charge on any atom is -0.449 e. The highest BCUT2D eigenvalue weighted by Gasteiger charge is 2.09. The molecule has 2 aromatic rings. The van der Waals surface area contributed by atoms with Crippen LogP contribution in [0.25, 0.3) is 0 Å². The Morgan fingerprint density at radius 2 is 2.10 bits per heavy atom. The second kappa shape index (κ2) is 6.86. The Morgan fingerprint density at radius 3 is 2.71 bits per heavy atom. The summed E-state index contributed by atoms with van der Waals surface area (Å²) in [6.45, 7) is 0.430. The highest BCUT2D eigenvalue weighted by atomic mass is 16.6. The Balaban J connectivity index is 1.81. The number of rotatable bonds is 4. The molecule has 0 spiro atoms. The van der Waals surface area contributed by atoms with E-state index >= 15 is 0 Å². The lowest BCUT2D eigenvalue weighted by Gasteiger charge is -2.00. The topological polar surface area (TPSA) is 87.3 Å². The number of aromatic nitrogens is 2. The van der Waals surface area contributed by atoms with Crippen LogP contribution < -0.4 is 0 Å². The number of nitrogens with zero attached hydrogens (tertiary/aromatic N) is 3. The summed E-state index contributed by atoms with van der Waals surface area (Å²) in [5.74, 6) is 4.96. The zero-order chi connectivity index (χ0) is 15.1. The predicted octanol–water partition coefficient (Wildman–Crippen LogP) is 1.65. The molecule has 0 amide bonds. The van der Waals surface area contributed by atoms with E-state index in [1.54, 1.807) is 23.3 Å². The van der Waals surface area contributed by atoms with E-state index in [2.05, 4.69) is 16.8 Å². The quantitative estimate of drug-likeness (QED) is 0.369. The van der Waals surface area contributed by atoms with Crippen LogP contribution in [0.3, 0.4) is 0 Å². The van der Waals surface area contributed by atoms with Gasteiger partial charge in [0.1, 0.15) is 0 Å². The fourth-order valence-corrected chi connectivity index (χ4v) is 1.48. The van der Waals surface area contributed by atoms with Crippen molar-refractivity contribution in [1.82, 2.24) is 9.55 Å². The van der Waals surface area contributed by atoms with Gasteiger partial charge in [0.2, 0.25) is 0 Å². The van der Waals surface area contributed by atoms with Crippen LogP contribution in [0.5, 0.6) is 0 Å². The first-order chi connectivity index (χ1) is 10.2. The Labute approximate surface area is 120 Å². The number of carbonyl (C=O) groups excluding carboxylic acids is 1. The van der Waals surface area contributed by atoms with Gasteiger partial charge in [0, 0.05) is 24.5 Å². The maximum Gasteiger partial charge on any atom is 0.339 e. The van der Waals surface area contributed by atoms with Gasteiger partial charge in [0.15, 0.2) is 6.61 Å². The Morgan fingerprint density at radius 1 is 1.33 bits per heavy atom. The minimum absolute atomic E-state index is 0.0372. The van der Waals surface area contributed by atoms with Crippen molar-refractivity contribution in [2.24, 2.45) is 0 Å². The molecular weight excluding hydrogens is 274 g/mol. The minimum atomic E-state index is -0.568. The number of esters is 1. The van der Waals surface area contributed by atoms with Crippen LogP contribution >= 0.6 is 0 Å². The Hall–Kier alpha value is -3.14. The van der Waals surface area contributed by atoms with E-state index in [4.69, 9.17) is 4.74 Å². The first-order valence-electron chi connectivity index (χ1n) is 6.00. The van der Waals surface area contributed by atoms with Crippen LogP contribution in [0.4, 0.5) is 5.69 Å². The van der Waals surface area contributed by atoms with E-state index in [1.807, 2.05) is 0 Å². The normalized spacial score (nSPS) is 9.52. The summed E-state index contributed by atoms with van der Waals surface area (Å²) in [6, 6.07) is 5.20. The average molecular weight is 285 g/mol. The molecule has 0 fully saturated rings. The van der Waals surface area contributed by atoms with Crippen LogP contribution in [0.1, 0.15) is 10.4 Å². The lowest BCUT2D eigenvalue weighted by Crippen LogP contribution is -2.05. The van der Waals surface area contributed by atoms with Gasteiger partial charge in [-0.05, 0) is 12.1 Å². The molecule has 106 valence electrons. The molecule has 0 radical (unpaired) electrons. The van der Waals surface area contributed by atoms with Crippen molar-refractivity contribution < 1.29 is 14.5 Å². The number of hydrogen-bond acceptors (Lipinski definition) is 5. The summed E-state index contributed by atoms with van der Waals surface area (Å²) in [6.07, 6.45) is 5.06. The van der Waals surface area contributed by atoms with Crippen molar-refractivity contribution in [3.8, 4) is 11.8 Å². The van der Waals surface area contributed by atoms with Crippen molar-refractivity contribution in [2.75, 3.05) is 6.61 Å². The van der Waals surface area contributed by atoms with Crippen molar-refractivity contribution in [3.05, 3.63) is 58.7 Å². The van der Waals surface area contributed by atoms with Gasteiger partial charge < -0.3 is 9.30 Å². The molecule has 0 saturated heterocycles.